The second-order valence-electron chi connectivity index (χ2n) is 9.35. The third kappa shape index (κ3) is 2.95. The van der Waals surface area contributed by atoms with E-state index in [4.69, 9.17) is 4.98 Å². The van der Waals surface area contributed by atoms with Crippen molar-refractivity contribution in [2.24, 2.45) is 17.8 Å². The lowest BCUT2D eigenvalue weighted by atomic mass is 9.52. The van der Waals surface area contributed by atoms with Crippen LogP contribution in [0.25, 0.3) is 10.9 Å². The molecular formula is C22H26N6O. The van der Waals surface area contributed by atoms with Crippen LogP contribution in [0, 0.1) is 24.7 Å². The lowest BCUT2D eigenvalue weighted by molar-refractivity contribution is -0.129. The first kappa shape index (κ1) is 17.2. The van der Waals surface area contributed by atoms with Gasteiger partial charge in [-0.2, -0.15) is 5.10 Å². The van der Waals surface area contributed by atoms with Crippen molar-refractivity contribution in [1.29, 1.82) is 0 Å². The Bertz CT molecular complexity index is 1060. The Kier molecular flexibility index (Phi) is 3.66. The summed E-state index contributed by atoms with van der Waals surface area (Å²) in [7, 11) is 0. The molecule has 150 valence electrons. The number of pyridine rings is 2. The molecule has 3 heterocycles. The van der Waals surface area contributed by atoms with Crippen LogP contribution in [0.2, 0.25) is 0 Å². The highest BCUT2D eigenvalue weighted by atomic mass is 16.3. The SMILES string of the molecule is Cc1cc(Nc2cc3ncccc3c(N[C@H]3C4CC5CC3C[C@](O)(C5)C4)n2)n[nH]1. The van der Waals surface area contributed by atoms with E-state index >= 15 is 0 Å². The van der Waals surface area contributed by atoms with Crippen LogP contribution >= 0.6 is 0 Å². The van der Waals surface area contributed by atoms with Crippen LogP contribution in [0.5, 0.6) is 0 Å². The number of nitrogens with one attached hydrogen (secondary N) is 3. The highest BCUT2D eigenvalue weighted by Gasteiger charge is 2.54. The standard InChI is InChI=1S/C22H26N6O/c1-12-5-19(28-27-12)24-18-8-17-16(3-2-4-23-17)21(25-18)26-20-14-6-13-7-15(20)11-22(29,9-13)10-14/h2-5,8,13-15,20,29H,6-7,9-11H2,1H3,(H3,24,25,26,27,28)/t13?,14?,15?,20-,22-. The Labute approximate surface area is 169 Å². The fraction of sp³-hybridized carbons (Fsp3) is 0.500. The first-order valence-corrected chi connectivity index (χ1v) is 10.6. The van der Waals surface area contributed by atoms with Crippen LogP contribution in [0.3, 0.4) is 0 Å². The van der Waals surface area contributed by atoms with E-state index in [0.717, 1.165) is 53.3 Å². The predicted molar refractivity (Wildman–Crippen MR) is 112 cm³/mol. The Morgan fingerprint density at radius 1 is 1.14 bits per heavy atom. The van der Waals surface area contributed by atoms with Gasteiger partial charge in [0.1, 0.15) is 11.6 Å². The molecule has 0 aliphatic heterocycles. The summed E-state index contributed by atoms with van der Waals surface area (Å²) >= 11 is 0. The molecule has 3 aromatic rings. The number of aromatic nitrogens is 4. The summed E-state index contributed by atoms with van der Waals surface area (Å²) < 4.78 is 0. The number of anilines is 3. The average Bonchev–Trinajstić information content (AvgIpc) is 3.08. The maximum Gasteiger partial charge on any atom is 0.153 e. The second-order valence-corrected chi connectivity index (χ2v) is 9.35. The smallest absolute Gasteiger partial charge is 0.153 e. The van der Waals surface area contributed by atoms with Gasteiger partial charge in [0.15, 0.2) is 5.82 Å². The van der Waals surface area contributed by atoms with Crippen molar-refractivity contribution in [2.45, 2.75) is 50.7 Å². The number of aliphatic hydroxyl groups is 1. The molecule has 7 rings (SSSR count). The molecule has 0 aromatic carbocycles. The summed E-state index contributed by atoms with van der Waals surface area (Å²) in [6, 6.07) is 8.31. The zero-order valence-electron chi connectivity index (χ0n) is 16.5. The van der Waals surface area contributed by atoms with Gasteiger partial charge < -0.3 is 15.7 Å². The molecule has 0 spiro atoms. The summed E-state index contributed by atoms with van der Waals surface area (Å²) in [6.45, 7) is 1.97. The van der Waals surface area contributed by atoms with Crippen molar-refractivity contribution in [2.75, 3.05) is 10.6 Å². The Balaban J connectivity index is 1.35. The quantitative estimate of drug-likeness (QED) is 0.541. The molecule has 7 heteroatoms. The summed E-state index contributed by atoms with van der Waals surface area (Å²) in [4.78, 5) is 9.45. The molecule has 4 saturated carbocycles. The first-order chi connectivity index (χ1) is 14.0. The molecule has 3 aromatic heterocycles. The van der Waals surface area contributed by atoms with Gasteiger partial charge in [-0.3, -0.25) is 10.1 Å². The van der Waals surface area contributed by atoms with Crippen molar-refractivity contribution in [3.63, 3.8) is 0 Å². The topological polar surface area (TPSA) is 98.8 Å². The molecule has 29 heavy (non-hydrogen) atoms. The van der Waals surface area contributed by atoms with E-state index in [-0.39, 0.29) is 0 Å². The molecule has 4 N–H and O–H groups in total. The van der Waals surface area contributed by atoms with Crippen molar-refractivity contribution in [1.82, 2.24) is 20.2 Å². The van der Waals surface area contributed by atoms with Crippen LogP contribution in [0.15, 0.2) is 30.5 Å². The van der Waals surface area contributed by atoms with Gasteiger partial charge in [-0.1, -0.05) is 0 Å². The summed E-state index contributed by atoms with van der Waals surface area (Å²) in [6.07, 6.45) is 7.08. The number of H-pyrrole nitrogens is 1. The lowest BCUT2D eigenvalue weighted by Crippen LogP contribution is -2.59. The minimum atomic E-state index is -0.424. The van der Waals surface area contributed by atoms with Crippen molar-refractivity contribution >= 4 is 28.4 Å². The molecule has 0 saturated heterocycles. The van der Waals surface area contributed by atoms with E-state index in [2.05, 4.69) is 31.9 Å². The van der Waals surface area contributed by atoms with Crippen LogP contribution in [-0.4, -0.2) is 36.9 Å². The van der Waals surface area contributed by atoms with E-state index in [1.807, 2.05) is 31.3 Å². The third-order valence-electron chi connectivity index (χ3n) is 7.11. The number of aromatic amines is 1. The van der Waals surface area contributed by atoms with Crippen LogP contribution < -0.4 is 10.6 Å². The van der Waals surface area contributed by atoms with Gasteiger partial charge in [0.25, 0.3) is 0 Å². The zero-order valence-corrected chi connectivity index (χ0v) is 16.5. The maximum atomic E-state index is 10.9. The van der Waals surface area contributed by atoms with E-state index < -0.39 is 5.60 Å². The third-order valence-corrected chi connectivity index (χ3v) is 7.11. The zero-order chi connectivity index (χ0) is 19.6. The van der Waals surface area contributed by atoms with Gasteiger partial charge in [-0.15, -0.1) is 0 Å². The monoisotopic (exact) mass is 390 g/mol. The Morgan fingerprint density at radius 2 is 1.97 bits per heavy atom. The second kappa shape index (κ2) is 6.16. The highest BCUT2D eigenvalue weighted by molar-refractivity contribution is 5.91. The van der Waals surface area contributed by atoms with Crippen molar-refractivity contribution in [3.05, 3.63) is 36.2 Å². The number of nitrogens with zero attached hydrogens (tertiary/aromatic N) is 3. The number of hydrogen-bond donors (Lipinski definition) is 4. The average molecular weight is 390 g/mol. The molecule has 7 nitrogen and oxygen atoms in total. The van der Waals surface area contributed by atoms with Crippen LogP contribution in [0.1, 0.15) is 37.8 Å². The van der Waals surface area contributed by atoms with Crippen molar-refractivity contribution < 1.29 is 5.11 Å². The van der Waals surface area contributed by atoms with E-state index in [9.17, 15) is 5.11 Å². The highest BCUT2D eigenvalue weighted by Crippen LogP contribution is 2.56. The normalized spacial score (nSPS) is 32.6. The molecule has 2 atom stereocenters. The van der Waals surface area contributed by atoms with Gasteiger partial charge in [-0.05, 0) is 68.9 Å². The molecule has 0 amide bonds. The molecule has 0 radical (unpaired) electrons. The fourth-order valence-corrected chi connectivity index (χ4v) is 6.24. The number of fused-ring (bicyclic) bond motifs is 1. The summed E-state index contributed by atoms with van der Waals surface area (Å²) in [5.74, 6) is 4.07. The van der Waals surface area contributed by atoms with Gasteiger partial charge in [-0.25, -0.2) is 4.98 Å². The molecule has 4 bridgehead atoms. The van der Waals surface area contributed by atoms with Gasteiger partial charge in [0.2, 0.25) is 0 Å². The summed E-state index contributed by atoms with van der Waals surface area (Å²) in [5.41, 5.74) is 1.48. The summed E-state index contributed by atoms with van der Waals surface area (Å²) in [5, 5.41) is 26.2. The molecule has 2 unspecified atom stereocenters. The Hall–Kier alpha value is -2.67. The first-order valence-electron chi connectivity index (χ1n) is 10.6. The molecule has 4 aliphatic rings. The minimum Gasteiger partial charge on any atom is -0.390 e. The number of rotatable bonds is 4. The van der Waals surface area contributed by atoms with Crippen LogP contribution in [0.4, 0.5) is 17.5 Å². The minimum absolute atomic E-state index is 0.366. The van der Waals surface area contributed by atoms with Gasteiger partial charge >= 0.3 is 0 Å². The largest absolute Gasteiger partial charge is 0.390 e. The Morgan fingerprint density at radius 3 is 2.69 bits per heavy atom. The molecular weight excluding hydrogens is 364 g/mol. The lowest BCUT2D eigenvalue weighted by Gasteiger charge is -2.58. The van der Waals surface area contributed by atoms with Gasteiger partial charge in [0, 0.05) is 35.5 Å². The van der Waals surface area contributed by atoms with E-state index in [1.165, 1.54) is 12.8 Å². The predicted octanol–water partition coefficient (Wildman–Crippen LogP) is 3.76. The van der Waals surface area contributed by atoms with E-state index in [0.29, 0.717) is 23.8 Å². The number of hydrogen-bond acceptors (Lipinski definition) is 6. The maximum absolute atomic E-state index is 10.9. The van der Waals surface area contributed by atoms with E-state index in [1.54, 1.807) is 0 Å². The molecule has 4 fully saturated rings. The molecule has 4 aliphatic carbocycles. The number of aryl methyl sites for hydroxylation is 1. The fourth-order valence-electron chi connectivity index (χ4n) is 6.24. The van der Waals surface area contributed by atoms with Gasteiger partial charge in [0.05, 0.1) is 11.1 Å². The van der Waals surface area contributed by atoms with Crippen molar-refractivity contribution in [3.8, 4) is 0 Å². The van der Waals surface area contributed by atoms with Crippen LogP contribution in [-0.2, 0) is 0 Å².